The number of hydrogen-bond acceptors (Lipinski definition) is 5. The average Bonchev–Trinajstić information content (AvgIpc) is 2.84. The van der Waals surface area contributed by atoms with Gasteiger partial charge in [-0.2, -0.15) is 0 Å². The summed E-state index contributed by atoms with van der Waals surface area (Å²) in [5, 5.41) is 19.2. The predicted octanol–water partition coefficient (Wildman–Crippen LogP) is 0.207. The summed E-state index contributed by atoms with van der Waals surface area (Å²) in [5.41, 5.74) is 10.4. The van der Waals surface area contributed by atoms with Gasteiger partial charge in [-0.25, -0.2) is 0 Å². The van der Waals surface area contributed by atoms with Crippen molar-refractivity contribution in [1.82, 2.24) is 5.32 Å². The number of amides is 1. The number of carbonyl (C=O) groups is 3. The number of nitrogens with one attached hydrogen (secondary N) is 1. The molecule has 11 N–H and O–H groups in total. The normalized spacial score (nSPS) is 12.3. The maximum Gasteiger partial charge on any atom is 0.303 e. The fourth-order valence-corrected chi connectivity index (χ4v) is 2.10. The van der Waals surface area contributed by atoms with Crippen LogP contribution in [-0.4, -0.2) is 58.6 Å². The van der Waals surface area contributed by atoms with E-state index in [-0.39, 0.29) is 29.7 Å². The molecule has 0 aromatic carbocycles. The minimum atomic E-state index is -0.716. The van der Waals surface area contributed by atoms with Crippen molar-refractivity contribution in [2.45, 2.75) is 77.0 Å². The lowest BCUT2D eigenvalue weighted by molar-refractivity contribution is -0.138. The van der Waals surface area contributed by atoms with Crippen molar-refractivity contribution < 1.29 is 35.5 Å². The van der Waals surface area contributed by atoms with Crippen LogP contribution in [0.3, 0.4) is 0 Å². The molecule has 1 amide bonds. The summed E-state index contributed by atoms with van der Waals surface area (Å²) in [6.45, 7) is 2.22. The van der Waals surface area contributed by atoms with Gasteiger partial charge in [0.05, 0.1) is 0 Å². The van der Waals surface area contributed by atoms with Gasteiger partial charge in [-0.15, -0.1) is 0 Å². The third kappa shape index (κ3) is 35.4. The zero-order valence-electron chi connectivity index (χ0n) is 16.9. The van der Waals surface area contributed by atoms with Crippen LogP contribution < -0.4 is 16.8 Å². The van der Waals surface area contributed by atoms with E-state index >= 15 is 0 Å². The van der Waals surface area contributed by atoms with Crippen LogP contribution in [0.2, 0.25) is 0 Å². The van der Waals surface area contributed by atoms with Crippen LogP contribution in [0.25, 0.3) is 0 Å². The van der Waals surface area contributed by atoms with Gasteiger partial charge in [0.2, 0.25) is 5.91 Å². The summed E-state index contributed by atoms with van der Waals surface area (Å²) in [6, 6.07) is 0. The minimum absolute atomic E-state index is 0. The van der Waals surface area contributed by atoms with Gasteiger partial charge in [0.25, 0.3) is 0 Å². The first kappa shape index (κ1) is 33.8. The average molecular weight is 412 g/mol. The topological polar surface area (TPSA) is 219 Å². The van der Waals surface area contributed by atoms with Crippen molar-refractivity contribution in [3.05, 3.63) is 0 Å². The summed E-state index contributed by atoms with van der Waals surface area (Å²) in [6.07, 6.45) is 9.99. The van der Waals surface area contributed by atoms with Crippen molar-refractivity contribution in [2.24, 2.45) is 11.5 Å². The van der Waals surface area contributed by atoms with Gasteiger partial charge < -0.3 is 37.9 Å². The van der Waals surface area contributed by atoms with E-state index in [0.717, 1.165) is 64.3 Å². The van der Waals surface area contributed by atoms with Crippen LogP contribution >= 0.6 is 0 Å². The molecule has 0 saturated carbocycles. The number of aliphatic carboxylic acids is 2. The van der Waals surface area contributed by atoms with Crippen LogP contribution in [0.4, 0.5) is 0 Å². The Balaban J connectivity index is -0.000000149. The van der Waals surface area contributed by atoms with E-state index in [1.807, 2.05) is 0 Å². The number of carboxylic acid groups (broad SMARTS) is 2. The second kappa shape index (κ2) is 27.5. The van der Waals surface area contributed by atoms with Gasteiger partial charge in [-0.1, -0.05) is 19.3 Å². The third-order valence-corrected chi connectivity index (χ3v) is 3.59. The van der Waals surface area contributed by atoms with Crippen molar-refractivity contribution in [3.8, 4) is 0 Å². The summed E-state index contributed by atoms with van der Waals surface area (Å²) in [5.74, 6) is -1.21. The highest BCUT2D eigenvalue weighted by molar-refractivity contribution is 5.75. The van der Waals surface area contributed by atoms with Crippen LogP contribution in [0, 0.1) is 0 Å². The molecule has 170 valence electrons. The van der Waals surface area contributed by atoms with E-state index < -0.39 is 11.9 Å². The lowest BCUT2D eigenvalue weighted by Gasteiger charge is -1.93. The summed E-state index contributed by atoms with van der Waals surface area (Å²) in [4.78, 5) is 30.4. The maximum absolute atomic E-state index is 10.6. The fraction of sp³-hybridized carbons (Fsp3) is 0.833. The van der Waals surface area contributed by atoms with Crippen LogP contribution in [0.5, 0.6) is 0 Å². The number of carboxylic acids is 2. The SMILES string of the molecule is NCCCCCC(=O)O.NCCCCCC(=O)O.O.O.O=C1CCCCCN1. The third-order valence-electron chi connectivity index (χ3n) is 3.59. The largest absolute Gasteiger partial charge is 0.481 e. The van der Waals surface area contributed by atoms with Crippen molar-refractivity contribution >= 4 is 17.8 Å². The highest BCUT2D eigenvalue weighted by Crippen LogP contribution is 2.02. The number of unbranched alkanes of at least 4 members (excludes halogenated alkanes) is 4. The quantitative estimate of drug-likeness (QED) is 0.314. The predicted molar refractivity (Wildman–Crippen MR) is 109 cm³/mol. The Bertz CT molecular complexity index is 337. The van der Waals surface area contributed by atoms with E-state index in [4.69, 9.17) is 21.7 Å². The molecule has 10 nitrogen and oxygen atoms in total. The van der Waals surface area contributed by atoms with Gasteiger partial charge in [0, 0.05) is 25.8 Å². The standard InChI is InChI=1S/2C6H13NO2.C6H11NO.2H2O/c2*7-5-3-1-2-4-6(8)9;8-6-4-2-1-3-5-7-6;;/h2*1-5,7H2,(H,8,9);1-5H2,(H,7,8);2*1H2. The molecule has 1 aliphatic rings. The van der Waals surface area contributed by atoms with Crippen molar-refractivity contribution in [2.75, 3.05) is 19.6 Å². The van der Waals surface area contributed by atoms with Crippen molar-refractivity contribution in [3.63, 3.8) is 0 Å². The molecule has 10 heteroatoms. The van der Waals surface area contributed by atoms with Crippen LogP contribution in [-0.2, 0) is 14.4 Å². The first-order valence-electron chi connectivity index (χ1n) is 9.54. The Morgan fingerprint density at radius 1 is 0.786 bits per heavy atom. The minimum Gasteiger partial charge on any atom is -0.481 e. The highest BCUT2D eigenvalue weighted by Gasteiger charge is 2.03. The molecule has 1 saturated heterocycles. The van der Waals surface area contributed by atoms with E-state index in [1.54, 1.807) is 0 Å². The molecule has 1 rings (SSSR count). The second-order valence-corrected chi connectivity index (χ2v) is 6.15. The Morgan fingerprint density at radius 3 is 1.64 bits per heavy atom. The Morgan fingerprint density at radius 2 is 1.25 bits per heavy atom. The zero-order valence-corrected chi connectivity index (χ0v) is 16.9. The van der Waals surface area contributed by atoms with Crippen LogP contribution in [0.1, 0.15) is 77.0 Å². The molecule has 1 heterocycles. The first-order chi connectivity index (χ1) is 12.4. The van der Waals surface area contributed by atoms with E-state index in [1.165, 1.54) is 6.42 Å². The number of hydrogen-bond donors (Lipinski definition) is 5. The number of rotatable bonds is 10. The molecule has 0 unspecified atom stereocenters. The highest BCUT2D eigenvalue weighted by atomic mass is 16.4. The number of nitrogens with two attached hydrogens (primary N) is 2. The number of carbonyl (C=O) groups excluding carboxylic acids is 1. The van der Waals surface area contributed by atoms with E-state index in [0.29, 0.717) is 13.1 Å². The summed E-state index contributed by atoms with van der Waals surface area (Å²) < 4.78 is 0. The zero-order chi connectivity index (χ0) is 20.0. The van der Waals surface area contributed by atoms with E-state index in [9.17, 15) is 14.4 Å². The molecule has 0 spiro atoms. The molecule has 1 fully saturated rings. The van der Waals surface area contributed by atoms with Gasteiger partial charge in [-0.05, 0) is 51.6 Å². The summed E-state index contributed by atoms with van der Waals surface area (Å²) >= 11 is 0. The van der Waals surface area contributed by atoms with E-state index in [2.05, 4.69) is 5.32 Å². The molecule has 0 aliphatic carbocycles. The molecular weight excluding hydrogens is 370 g/mol. The Labute approximate surface area is 167 Å². The molecule has 28 heavy (non-hydrogen) atoms. The lowest BCUT2D eigenvalue weighted by Crippen LogP contribution is -2.21. The van der Waals surface area contributed by atoms with Gasteiger partial charge in [0.1, 0.15) is 0 Å². The first-order valence-corrected chi connectivity index (χ1v) is 9.54. The molecule has 0 aromatic heterocycles. The van der Waals surface area contributed by atoms with Gasteiger partial charge in [-0.3, -0.25) is 14.4 Å². The smallest absolute Gasteiger partial charge is 0.303 e. The molecule has 0 atom stereocenters. The lowest BCUT2D eigenvalue weighted by atomic mass is 10.2. The maximum atomic E-state index is 10.6. The molecular formula is C18H41N3O7. The molecule has 1 aliphatic heterocycles. The molecule has 0 aromatic rings. The Hall–Kier alpha value is -1.75. The van der Waals surface area contributed by atoms with Crippen LogP contribution in [0.15, 0.2) is 0 Å². The second-order valence-electron chi connectivity index (χ2n) is 6.15. The molecule has 0 bridgehead atoms. The van der Waals surface area contributed by atoms with Gasteiger partial charge in [0.15, 0.2) is 0 Å². The fourth-order valence-electron chi connectivity index (χ4n) is 2.10. The monoisotopic (exact) mass is 411 g/mol. The van der Waals surface area contributed by atoms with Gasteiger partial charge >= 0.3 is 11.9 Å². The van der Waals surface area contributed by atoms with Crippen molar-refractivity contribution in [1.29, 1.82) is 0 Å². The summed E-state index contributed by atoms with van der Waals surface area (Å²) in [7, 11) is 0. The Kier molecular flexibility index (Phi) is 33.2. The molecule has 0 radical (unpaired) electrons.